The van der Waals surface area contributed by atoms with Crippen LogP contribution < -0.4 is 10.5 Å². The third kappa shape index (κ3) is 4.88. The molecule has 1 fully saturated rings. The first-order chi connectivity index (χ1) is 16.4. The predicted molar refractivity (Wildman–Crippen MR) is 126 cm³/mol. The Morgan fingerprint density at radius 2 is 1.82 bits per heavy atom. The molecule has 0 amide bonds. The molecule has 0 saturated carbocycles. The van der Waals surface area contributed by atoms with Gasteiger partial charge in [-0.05, 0) is 42.7 Å². The zero-order valence-electron chi connectivity index (χ0n) is 19.2. The van der Waals surface area contributed by atoms with E-state index >= 15 is 0 Å². The summed E-state index contributed by atoms with van der Waals surface area (Å²) >= 11 is 0. The van der Waals surface area contributed by atoms with E-state index in [9.17, 15) is 8.78 Å². The standard InChI is InChI=1S/C25H27F2N5O2/c1-31-15-34-14-20(16-5-6-23(33-2)22(27)11-16)24(17-3-4-18(13-28)21(26)12-17)30-25(31)32-9-7-19(29)8-10-32/h3-6,11-12,19H,7-10,14-15,29H2,1-2H3/b24-20+,30-25?. The number of methoxy groups -OCH3 is 1. The van der Waals surface area contributed by atoms with Crippen molar-refractivity contribution in [2.24, 2.45) is 10.7 Å². The molecule has 2 aliphatic rings. The molecule has 0 bridgehead atoms. The van der Waals surface area contributed by atoms with Gasteiger partial charge in [0.15, 0.2) is 11.6 Å². The number of nitriles is 1. The second kappa shape index (κ2) is 10.2. The largest absolute Gasteiger partial charge is 0.494 e. The lowest BCUT2D eigenvalue weighted by atomic mass is 9.98. The number of nitrogens with zero attached hydrogens (tertiary/aromatic N) is 4. The molecule has 2 aromatic rings. The highest BCUT2D eigenvalue weighted by atomic mass is 19.1. The second-order valence-corrected chi connectivity index (χ2v) is 8.39. The van der Waals surface area contributed by atoms with Crippen molar-refractivity contribution in [3.63, 3.8) is 0 Å². The fourth-order valence-electron chi connectivity index (χ4n) is 4.14. The first-order valence-corrected chi connectivity index (χ1v) is 11.1. The molecule has 0 unspecified atom stereocenters. The maximum Gasteiger partial charge on any atom is 0.203 e. The van der Waals surface area contributed by atoms with Gasteiger partial charge in [0, 0.05) is 37.3 Å². The van der Waals surface area contributed by atoms with E-state index in [4.69, 9.17) is 25.5 Å². The van der Waals surface area contributed by atoms with E-state index in [1.807, 2.05) is 18.0 Å². The van der Waals surface area contributed by atoms with Gasteiger partial charge >= 0.3 is 0 Å². The number of aliphatic imine (C=N–C) groups is 1. The molecule has 0 aliphatic carbocycles. The van der Waals surface area contributed by atoms with Gasteiger partial charge < -0.3 is 25.0 Å². The van der Waals surface area contributed by atoms with Crippen LogP contribution in [0.5, 0.6) is 5.75 Å². The number of hydrogen-bond donors (Lipinski definition) is 1. The highest BCUT2D eigenvalue weighted by Gasteiger charge is 2.26. The van der Waals surface area contributed by atoms with E-state index in [2.05, 4.69) is 4.90 Å². The first-order valence-electron chi connectivity index (χ1n) is 11.1. The average molecular weight is 468 g/mol. The molecule has 2 aromatic carbocycles. The Morgan fingerprint density at radius 3 is 2.47 bits per heavy atom. The number of rotatable bonds is 3. The van der Waals surface area contributed by atoms with Gasteiger partial charge in [-0.25, -0.2) is 13.8 Å². The third-order valence-corrected chi connectivity index (χ3v) is 6.06. The van der Waals surface area contributed by atoms with E-state index in [1.165, 1.54) is 31.4 Å². The summed E-state index contributed by atoms with van der Waals surface area (Å²) in [4.78, 5) is 9.01. The van der Waals surface area contributed by atoms with Gasteiger partial charge in [-0.3, -0.25) is 0 Å². The highest BCUT2D eigenvalue weighted by Crippen LogP contribution is 2.33. The van der Waals surface area contributed by atoms with Crippen LogP contribution in [-0.2, 0) is 4.74 Å². The number of halogens is 2. The molecule has 2 aliphatic heterocycles. The Morgan fingerprint density at radius 1 is 1.12 bits per heavy atom. The molecule has 34 heavy (non-hydrogen) atoms. The minimum absolute atomic E-state index is 0.0603. The summed E-state index contributed by atoms with van der Waals surface area (Å²) in [5, 5.41) is 9.15. The normalized spacial score (nSPS) is 19.8. The molecule has 0 aromatic heterocycles. The van der Waals surface area contributed by atoms with Gasteiger partial charge in [0.25, 0.3) is 0 Å². The molecule has 178 valence electrons. The summed E-state index contributed by atoms with van der Waals surface area (Å²) in [6, 6.07) is 10.9. The number of hydrogen-bond acceptors (Lipinski definition) is 7. The smallest absolute Gasteiger partial charge is 0.203 e. The van der Waals surface area contributed by atoms with Crippen LogP contribution in [0, 0.1) is 23.0 Å². The van der Waals surface area contributed by atoms with Gasteiger partial charge in [-0.2, -0.15) is 5.26 Å². The van der Waals surface area contributed by atoms with Crippen LogP contribution in [0.4, 0.5) is 8.78 Å². The fraction of sp³-hybridized carbons (Fsp3) is 0.360. The zero-order valence-corrected chi connectivity index (χ0v) is 19.2. The Hall–Kier alpha value is -3.48. The van der Waals surface area contributed by atoms with E-state index in [-0.39, 0.29) is 30.7 Å². The fourth-order valence-corrected chi connectivity index (χ4v) is 4.14. The SMILES string of the molecule is COc1ccc(/C2=C(\c3ccc(C#N)c(F)c3)N=C(N3CCC(N)CC3)N(C)COC2)cc1F. The summed E-state index contributed by atoms with van der Waals surface area (Å²) < 4.78 is 40.2. The highest BCUT2D eigenvalue weighted by molar-refractivity contribution is 5.97. The number of ether oxygens (including phenoxy) is 2. The van der Waals surface area contributed by atoms with E-state index in [1.54, 1.807) is 12.1 Å². The van der Waals surface area contributed by atoms with Crippen LogP contribution in [0.15, 0.2) is 41.4 Å². The minimum Gasteiger partial charge on any atom is -0.494 e. The van der Waals surface area contributed by atoms with Crippen molar-refractivity contribution in [2.75, 3.05) is 40.6 Å². The molecule has 0 atom stereocenters. The van der Waals surface area contributed by atoms with Gasteiger partial charge in [-0.15, -0.1) is 0 Å². The molecule has 2 heterocycles. The molecule has 7 nitrogen and oxygen atoms in total. The molecular weight excluding hydrogens is 440 g/mol. The van der Waals surface area contributed by atoms with Gasteiger partial charge in [0.05, 0.1) is 25.0 Å². The maximum atomic E-state index is 14.6. The van der Waals surface area contributed by atoms with E-state index in [0.29, 0.717) is 28.4 Å². The van der Waals surface area contributed by atoms with Crippen LogP contribution in [0.25, 0.3) is 11.3 Å². The topological polar surface area (TPSA) is 87.1 Å². The maximum absolute atomic E-state index is 14.6. The molecule has 0 spiro atoms. The summed E-state index contributed by atoms with van der Waals surface area (Å²) in [6.45, 7) is 1.87. The van der Waals surface area contributed by atoms with Gasteiger partial charge in [0.1, 0.15) is 18.6 Å². The molecule has 1 saturated heterocycles. The van der Waals surface area contributed by atoms with Gasteiger partial charge in [-0.1, -0.05) is 12.1 Å². The lowest BCUT2D eigenvalue weighted by Crippen LogP contribution is -2.49. The predicted octanol–water partition coefficient (Wildman–Crippen LogP) is 3.41. The number of guanidine groups is 1. The summed E-state index contributed by atoms with van der Waals surface area (Å²) in [5.74, 6) is -0.385. The quantitative estimate of drug-likeness (QED) is 0.745. The number of likely N-dealkylation sites (tertiary alicyclic amines) is 1. The first kappa shape index (κ1) is 23.7. The summed E-state index contributed by atoms with van der Waals surface area (Å²) in [7, 11) is 3.28. The van der Waals surface area contributed by atoms with Crippen molar-refractivity contribution in [1.82, 2.24) is 9.80 Å². The van der Waals surface area contributed by atoms with Crippen LogP contribution >= 0.6 is 0 Å². The summed E-state index contributed by atoms with van der Waals surface area (Å²) in [5.41, 5.74) is 8.09. The minimum atomic E-state index is -0.648. The van der Waals surface area contributed by atoms with Crippen LogP contribution in [-0.4, -0.2) is 62.4 Å². The van der Waals surface area contributed by atoms with Crippen LogP contribution in [0.1, 0.15) is 29.5 Å². The zero-order chi connectivity index (χ0) is 24.2. The number of piperidine rings is 1. The molecule has 9 heteroatoms. The monoisotopic (exact) mass is 467 g/mol. The van der Waals surface area contributed by atoms with Crippen molar-refractivity contribution in [3.8, 4) is 11.8 Å². The number of benzene rings is 2. The van der Waals surface area contributed by atoms with Crippen molar-refractivity contribution < 1.29 is 18.3 Å². The third-order valence-electron chi connectivity index (χ3n) is 6.06. The Balaban J connectivity index is 1.91. The van der Waals surface area contributed by atoms with Crippen molar-refractivity contribution in [1.29, 1.82) is 5.26 Å². The molecule has 2 N–H and O–H groups in total. The van der Waals surface area contributed by atoms with Crippen LogP contribution in [0.3, 0.4) is 0 Å². The van der Waals surface area contributed by atoms with Gasteiger partial charge in [0.2, 0.25) is 5.96 Å². The average Bonchev–Trinajstić information content (AvgIpc) is 2.82. The Labute approximate surface area is 197 Å². The molecular formula is C25H27F2N5O2. The molecule has 4 rings (SSSR count). The number of nitrogens with two attached hydrogens (primary N) is 1. The van der Waals surface area contributed by atoms with E-state index < -0.39 is 11.6 Å². The van der Waals surface area contributed by atoms with Crippen LogP contribution in [0.2, 0.25) is 0 Å². The van der Waals surface area contributed by atoms with Crippen molar-refractivity contribution in [2.45, 2.75) is 18.9 Å². The van der Waals surface area contributed by atoms with E-state index in [0.717, 1.165) is 25.9 Å². The van der Waals surface area contributed by atoms with Crippen molar-refractivity contribution >= 4 is 17.2 Å². The lowest BCUT2D eigenvalue weighted by molar-refractivity contribution is 0.0896. The summed E-state index contributed by atoms with van der Waals surface area (Å²) in [6.07, 6.45) is 1.66. The van der Waals surface area contributed by atoms with Crippen molar-refractivity contribution in [3.05, 3.63) is 64.7 Å². The second-order valence-electron chi connectivity index (χ2n) is 8.39. The Bertz CT molecular complexity index is 1170. The Kier molecular flexibility index (Phi) is 7.10. The lowest BCUT2D eigenvalue weighted by Gasteiger charge is -2.37. The molecule has 0 radical (unpaired) electrons.